The van der Waals surface area contributed by atoms with Gasteiger partial charge in [0, 0.05) is 23.1 Å². The molecular weight excluding hydrogens is 496 g/mol. The van der Waals surface area contributed by atoms with E-state index in [2.05, 4.69) is 21.9 Å². The van der Waals surface area contributed by atoms with Gasteiger partial charge >= 0.3 is 0 Å². The maximum absolute atomic E-state index is 13.2. The number of non-ortho nitro benzene ring substituents is 1. The van der Waals surface area contributed by atoms with Crippen LogP contribution in [0, 0.1) is 27.9 Å². The fourth-order valence-corrected chi connectivity index (χ4v) is 7.77. The third-order valence-corrected chi connectivity index (χ3v) is 8.89. The van der Waals surface area contributed by atoms with Crippen molar-refractivity contribution in [1.82, 2.24) is 15.8 Å². The Balaban J connectivity index is 1.28. The molecule has 2 aromatic carbocycles. The Morgan fingerprint density at radius 2 is 1.69 bits per heavy atom. The Bertz CT molecular complexity index is 1390. The molecule has 1 aromatic heterocycles. The molecule has 9 heteroatoms. The Morgan fingerprint density at radius 3 is 2.33 bits per heavy atom. The number of pyridine rings is 1. The molecule has 1 heterocycles. The highest BCUT2D eigenvalue weighted by Crippen LogP contribution is 2.61. The Labute approximate surface area is 218 Å². The molecule has 7 rings (SSSR count). The quantitative estimate of drug-likeness (QED) is 0.253. The van der Waals surface area contributed by atoms with Crippen molar-refractivity contribution in [3.05, 3.63) is 80.5 Å². The van der Waals surface area contributed by atoms with Crippen LogP contribution in [0.5, 0.6) is 0 Å². The summed E-state index contributed by atoms with van der Waals surface area (Å²) in [5.74, 6) is 1.95. The van der Waals surface area contributed by atoms with Gasteiger partial charge in [0.15, 0.2) is 0 Å². The Morgan fingerprint density at radius 1 is 1.03 bits per heavy atom. The lowest BCUT2D eigenvalue weighted by Gasteiger charge is -2.57. The van der Waals surface area contributed by atoms with E-state index in [1.165, 1.54) is 62.3 Å². The van der Waals surface area contributed by atoms with E-state index in [1.807, 2.05) is 24.3 Å². The summed E-state index contributed by atoms with van der Waals surface area (Å²) in [7, 11) is 0. The first-order chi connectivity index (χ1) is 17.3. The molecule has 0 aliphatic heterocycles. The summed E-state index contributed by atoms with van der Waals surface area (Å²) in [5, 5.41) is 12.2. The van der Waals surface area contributed by atoms with Crippen LogP contribution in [0.2, 0.25) is 5.02 Å². The second-order valence-electron chi connectivity index (χ2n) is 10.6. The minimum Gasteiger partial charge on any atom is -0.287 e. The molecule has 4 aliphatic carbocycles. The number of halogens is 1. The highest BCUT2D eigenvalue weighted by Gasteiger charge is 2.52. The van der Waals surface area contributed by atoms with Crippen molar-refractivity contribution in [2.75, 3.05) is 0 Å². The molecule has 4 aliphatic rings. The van der Waals surface area contributed by atoms with Crippen LogP contribution in [-0.2, 0) is 5.41 Å². The minimum atomic E-state index is -0.527. The lowest BCUT2D eigenvalue weighted by Crippen LogP contribution is -2.48. The van der Waals surface area contributed by atoms with Crippen molar-refractivity contribution in [1.29, 1.82) is 0 Å². The van der Waals surface area contributed by atoms with Gasteiger partial charge in [-0.3, -0.25) is 25.8 Å². The maximum atomic E-state index is 13.2. The van der Waals surface area contributed by atoms with Crippen molar-refractivity contribution in [3.63, 3.8) is 0 Å². The number of nitro groups is 1. The topological polar surface area (TPSA) is 97.2 Å². The number of carbonyl (C=O) groups is 1. The highest BCUT2D eigenvalue weighted by molar-refractivity contribution is 7.80. The molecule has 36 heavy (non-hydrogen) atoms. The van der Waals surface area contributed by atoms with Gasteiger partial charge in [-0.25, -0.2) is 4.98 Å². The fraction of sp³-hybridized carbons (Fsp3) is 0.370. The zero-order valence-electron chi connectivity index (χ0n) is 19.5. The van der Waals surface area contributed by atoms with Crippen molar-refractivity contribution >= 4 is 51.3 Å². The van der Waals surface area contributed by atoms with Crippen LogP contribution in [0.1, 0.15) is 60.1 Å². The van der Waals surface area contributed by atoms with Gasteiger partial charge in [0.25, 0.3) is 11.6 Å². The minimum absolute atomic E-state index is 0.112. The molecule has 4 fully saturated rings. The highest BCUT2D eigenvalue weighted by atomic mass is 35.5. The van der Waals surface area contributed by atoms with Crippen LogP contribution in [0.3, 0.4) is 0 Å². The summed E-state index contributed by atoms with van der Waals surface area (Å²) in [6.45, 7) is 0. The third kappa shape index (κ3) is 4.02. The van der Waals surface area contributed by atoms with Gasteiger partial charge in [0.2, 0.25) is 0 Å². The number of hydrazine groups is 1. The number of nitro benzene ring substituents is 1. The number of carbonyl (C=O) groups excluding carboxylic acids is 1. The van der Waals surface area contributed by atoms with Gasteiger partial charge in [-0.1, -0.05) is 42.0 Å². The second kappa shape index (κ2) is 8.78. The van der Waals surface area contributed by atoms with Gasteiger partial charge in [-0.15, -0.1) is 0 Å². The van der Waals surface area contributed by atoms with E-state index in [4.69, 9.17) is 23.8 Å². The lowest BCUT2D eigenvalue weighted by molar-refractivity contribution is -0.384. The van der Waals surface area contributed by atoms with E-state index in [-0.39, 0.29) is 21.1 Å². The SMILES string of the molecule is O=C(NNC(=S)c1ccc([N+](=O)[O-])cc1Cl)c1cc(C23CC4CC(CC(C4)C2)C3)c2ccccc2n1. The van der Waals surface area contributed by atoms with E-state index in [0.29, 0.717) is 11.3 Å². The molecule has 1 amide bonds. The van der Waals surface area contributed by atoms with Crippen LogP contribution >= 0.6 is 23.8 Å². The van der Waals surface area contributed by atoms with Gasteiger partial charge in [0.05, 0.1) is 15.5 Å². The molecule has 2 N–H and O–H groups in total. The van der Waals surface area contributed by atoms with E-state index in [0.717, 1.165) is 28.7 Å². The van der Waals surface area contributed by atoms with Gasteiger partial charge in [-0.05, 0) is 85.5 Å². The van der Waals surface area contributed by atoms with E-state index in [9.17, 15) is 14.9 Å². The molecule has 7 nitrogen and oxygen atoms in total. The number of rotatable bonds is 4. The summed E-state index contributed by atoms with van der Waals surface area (Å²) < 4.78 is 0. The summed E-state index contributed by atoms with van der Waals surface area (Å²) in [5.41, 5.74) is 8.14. The van der Waals surface area contributed by atoms with Crippen LogP contribution < -0.4 is 10.9 Å². The summed E-state index contributed by atoms with van der Waals surface area (Å²) in [6, 6.07) is 14.1. The molecule has 0 radical (unpaired) electrons. The first-order valence-electron chi connectivity index (χ1n) is 12.3. The molecule has 0 atom stereocenters. The first kappa shape index (κ1) is 23.3. The van der Waals surface area contributed by atoms with Crippen molar-refractivity contribution in [2.45, 2.75) is 43.9 Å². The molecule has 4 saturated carbocycles. The molecule has 3 aromatic rings. The van der Waals surface area contributed by atoms with Crippen molar-refractivity contribution in [3.8, 4) is 0 Å². The number of amides is 1. The van der Waals surface area contributed by atoms with E-state index in [1.54, 1.807) is 0 Å². The predicted molar refractivity (Wildman–Crippen MR) is 142 cm³/mol. The van der Waals surface area contributed by atoms with Crippen LogP contribution in [0.15, 0.2) is 48.5 Å². The molecule has 184 valence electrons. The van der Waals surface area contributed by atoms with Gasteiger partial charge in [0.1, 0.15) is 10.7 Å². The smallest absolute Gasteiger partial charge is 0.287 e. The number of thiocarbonyl (C=S) groups is 1. The van der Waals surface area contributed by atoms with Crippen LogP contribution in [0.4, 0.5) is 5.69 Å². The zero-order chi connectivity index (χ0) is 25.0. The Kier molecular flexibility index (Phi) is 5.68. The number of nitrogens with zero attached hydrogens (tertiary/aromatic N) is 2. The summed E-state index contributed by atoms with van der Waals surface area (Å²) in [6.07, 6.45) is 7.62. The summed E-state index contributed by atoms with van der Waals surface area (Å²) >= 11 is 11.5. The number of hydrogen-bond acceptors (Lipinski definition) is 5. The number of nitrogens with one attached hydrogen (secondary N) is 2. The van der Waals surface area contributed by atoms with Gasteiger partial charge < -0.3 is 0 Å². The first-order valence-corrected chi connectivity index (χ1v) is 13.0. The monoisotopic (exact) mass is 520 g/mol. The normalized spacial score (nSPS) is 26.1. The summed E-state index contributed by atoms with van der Waals surface area (Å²) in [4.78, 5) is 28.5. The molecular formula is C27H25ClN4O3S. The molecule has 0 spiro atoms. The average molecular weight is 521 g/mol. The Hall–Kier alpha value is -3.10. The number of fused-ring (bicyclic) bond motifs is 1. The van der Waals surface area contributed by atoms with E-state index >= 15 is 0 Å². The van der Waals surface area contributed by atoms with Crippen molar-refractivity contribution < 1.29 is 9.72 Å². The number of hydrogen-bond donors (Lipinski definition) is 2. The second-order valence-corrected chi connectivity index (χ2v) is 11.4. The predicted octanol–water partition coefficient (Wildman–Crippen LogP) is 5.87. The van der Waals surface area contributed by atoms with Gasteiger partial charge in [-0.2, -0.15) is 0 Å². The zero-order valence-corrected chi connectivity index (χ0v) is 21.1. The largest absolute Gasteiger partial charge is 0.288 e. The average Bonchev–Trinajstić information content (AvgIpc) is 2.85. The number of aromatic nitrogens is 1. The molecule has 4 bridgehead atoms. The van der Waals surface area contributed by atoms with Crippen molar-refractivity contribution in [2.24, 2.45) is 17.8 Å². The lowest BCUT2D eigenvalue weighted by atomic mass is 9.48. The molecule has 0 unspecified atom stereocenters. The maximum Gasteiger partial charge on any atom is 0.288 e. The van der Waals surface area contributed by atoms with Crippen LogP contribution in [-0.4, -0.2) is 20.8 Å². The molecule has 0 saturated heterocycles. The van der Waals surface area contributed by atoms with E-state index < -0.39 is 10.8 Å². The number of para-hydroxylation sites is 1. The standard InChI is InChI=1S/C27H25ClN4O3S/c28-22-10-18(32(34)35)5-6-20(22)26(36)31-30-25(33)24-11-21(19-3-1-2-4-23(19)29-24)27-12-15-7-16(13-27)9-17(8-15)14-27/h1-6,10-11,15-17H,7-9,12-14H2,(H,30,33)(H,31,36). The van der Waals surface area contributed by atoms with Crippen LogP contribution in [0.25, 0.3) is 10.9 Å². The fourth-order valence-electron chi connectivity index (χ4n) is 7.22. The number of benzene rings is 2. The third-order valence-electron chi connectivity index (χ3n) is 8.26.